The van der Waals surface area contributed by atoms with E-state index >= 15 is 0 Å². The van der Waals surface area contributed by atoms with Crippen LogP contribution < -0.4 is 0 Å². The summed E-state index contributed by atoms with van der Waals surface area (Å²) in [6, 6.07) is 0.147. The second kappa shape index (κ2) is 7.73. The van der Waals surface area contributed by atoms with Gasteiger partial charge in [0.15, 0.2) is 0 Å². The normalized spacial score (nSPS) is 21.0. The van der Waals surface area contributed by atoms with Crippen molar-refractivity contribution in [1.82, 2.24) is 9.80 Å². The van der Waals surface area contributed by atoms with Gasteiger partial charge in [0, 0.05) is 37.7 Å². The summed E-state index contributed by atoms with van der Waals surface area (Å²) in [5.41, 5.74) is 0. The monoisotopic (exact) mass is 302 g/mol. The van der Waals surface area contributed by atoms with Crippen molar-refractivity contribution in [3.8, 4) is 0 Å². The molecule has 0 aromatic heterocycles. The van der Waals surface area contributed by atoms with Gasteiger partial charge in [-0.3, -0.25) is 4.79 Å². The van der Waals surface area contributed by atoms with E-state index in [0.717, 1.165) is 37.4 Å². The highest BCUT2D eigenvalue weighted by Crippen LogP contribution is 2.17. The zero-order valence-corrected chi connectivity index (χ0v) is 12.4. The number of piperidine rings is 1. The summed E-state index contributed by atoms with van der Waals surface area (Å²) in [4.78, 5) is 26.5. The highest BCUT2D eigenvalue weighted by Gasteiger charge is 2.27. The zero-order chi connectivity index (χ0) is 14.4. The number of carboxylic acids is 1. The Kier molecular flexibility index (Phi) is 5.97. The Morgan fingerprint density at radius 1 is 1.10 bits per heavy atom. The lowest BCUT2D eigenvalue weighted by molar-refractivity contribution is -0.138. The average Bonchev–Trinajstić information content (AvgIpc) is 2.48. The number of ether oxygens (including phenoxy) is 1. The number of carboxylic acid groups (broad SMARTS) is 1. The molecule has 7 heteroatoms. The topological polar surface area (TPSA) is 70.1 Å². The molecule has 0 aromatic rings. The second-order valence-electron chi connectivity index (χ2n) is 5.08. The number of hydrogen-bond acceptors (Lipinski definition) is 4. The van der Waals surface area contributed by atoms with Crippen molar-refractivity contribution in [2.24, 2.45) is 0 Å². The summed E-state index contributed by atoms with van der Waals surface area (Å²) in [5.74, 6) is 1.22. The fraction of sp³-hybridized carbons (Fsp3) is 0.846. The van der Waals surface area contributed by atoms with Crippen LogP contribution in [0.3, 0.4) is 0 Å². The Bertz CT molecular complexity index is 339. The third kappa shape index (κ3) is 4.56. The molecule has 114 valence electrons. The van der Waals surface area contributed by atoms with Gasteiger partial charge in [-0.15, -0.1) is 0 Å². The lowest BCUT2D eigenvalue weighted by Crippen LogP contribution is -2.50. The van der Waals surface area contributed by atoms with E-state index in [9.17, 15) is 9.59 Å². The molecule has 0 spiro atoms. The van der Waals surface area contributed by atoms with Gasteiger partial charge >= 0.3 is 12.0 Å². The van der Waals surface area contributed by atoms with Crippen LogP contribution in [0.15, 0.2) is 0 Å². The Morgan fingerprint density at radius 3 is 2.30 bits per heavy atom. The van der Waals surface area contributed by atoms with Crippen molar-refractivity contribution in [3.05, 3.63) is 0 Å². The van der Waals surface area contributed by atoms with E-state index in [4.69, 9.17) is 9.84 Å². The first-order valence-electron chi connectivity index (χ1n) is 7.12. The molecule has 20 heavy (non-hydrogen) atoms. The minimum absolute atomic E-state index is 0.0462. The van der Waals surface area contributed by atoms with Gasteiger partial charge in [-0.25, -0.2) is 4.79 Å². The van der Waals surface area contributed by atoms with Crippen molar-refractivity contribution in [1.29, 1.82) is 0 Å². The molecule has 0 aliphatic carbocycles. The van der Waals surface area contributed by atoms with E-state index in [2.05, 4.69) is 0 Å². The van der Waals surface area contributed by atoms with Crippen LogP contribution >= 0.6 is 11.8 Å². The third-order valence-electron chi connectivity index (χ3n) is 3.66. The molecule has 2 saturated heterocycles. The van der Waals surface area contributed by atoms with E-state index in [1.54, 1.807) is 0 Å². The number of aliphatic carboxylic acids is 1. The van der Waals surface area contributed by atoms with Gasteiger partial charge in [-0.1, -0.05) is 0 Å². The SMILES string of the molecule is O=C(O)CCOC1CCN(C(=O)N2CCSCC2)CC1. The maximum atomic E-state index is 12.3. The number of nitrogens with zero attached hydrogens (tertiary/aromatic N) is 2. The number of carbonyl (C=O) groups is 2. The van der Waals surface area contributed by atoms with Gasteiger partial charge in [0.2, 0.25) is 0 Å². The Balaban J connectivity index is 1.68. The molecular formula is C13H22N2O4S. The molecule has 2 amide bonds. The smallest absolute Gasteiger partial charge is 0.320 e. The van der Waals surface area contributed by atoms with Crippen LogP contribution in [0.4, 0.5) is 4.79 Å². The quantitative estimate of drug-likeness (QED) is 0.842. The van der Waals surface area contributed by atoms with Gasteiger partial charge in [-0.05, 0) is 12.8 Å². The Labute approximate surface area is 123 Å². The van der Waals surface area contributed by atoms with Gasteiger partial charge < -0.3 is 19.6 Å². The molecule has 2 rings (SSSR count). The fourth-order valence-electron chi connectivity index (χ4n) is 2.48. The number of hydrogen-bond donors (Lipinski definition) is 1. The highest BCUT2D eigenvalue weighted by molar-refractivity contribution is 7.99. The number of carbonyl (C=O) groups excluding carboxylic acids is 1. The first-order valence-corrected chi connectivity index (χ1v) is 8.27. The molecule has 0 saturated carbocycles. The molecule has 2 aliphatic heterocycles. The van der Waals surface area contributed by atoms with E-state index in [0.29, 0.717) is 13.1 Å². The summed E-state index contributed by atoms with van der Waals surface area (Å²) in [6.45, 7) is 3.37. The molecule has 0 bridgehead atoms. The average molecular weight is 302 g/mol. The van der Waals surface area contributed by atoms with E-state index in [-0.39, 0.29) is 25.2 Å². The van der Waals surface area contributed by atoms with Crippen molar-refractivity contribution in [2.75, 3.05) is 44.3 Å². The van der Waals surface area contributed by atoms with Gasteiger partial charge in [-0.2, -0.15) is 11.8 Å². The summed E-state index contributed by atoms with van der Waals surface area (Å²) >= 11 is 1.89. The van der Waals surface area contributed by atoms with Crippen LogP contribution in [0, 0.1) is 0 Å². The molecule has 0 radical (unpaired) electrons. The minimum atomic E-state index is -0.833. The van der Waals surface area contributed by atoms with E-state index in [1.807, 2.05) is 21.6 Å². The van der Waals surface area contributed by atoms with Crippen molar-refractivity contribution < 1.29 is 19.4 Å². The van der Waals surface area contributed by atoms with Crippen LogP contribution in [0.25, 0.3) is 0 Å². The van der Waals surface area contributed by atoms with Crippen LogP contribution in [-0.2, 0) is 9.53 Å². The molecule has 1 N–H and O–H groups in total. The van der Waals surface area contributed by atoms with E-state index < -0.39 is 5.97 Å². The molecular weight excluding hydrogens is 280 g/mol. The molecule has 2 heterocycles. The second-order valence-corrected chi connectivity index (χ2v) is 6.31. The number of thioether (sulfide) groups is 1. The predicted molar refractivity (Wildman–Crippen MR) is 77.1 cm³/mol. The molecule has 2 fully saturated rings. The highest BCUT2D eigenvalue weighted by atomic mass is 32.2. The zero-order valence-electron chi connectivity index (χ0n) is 11.6. The lowest BCUT2D eigenvalue weighted by Gasteiger charge is -2.36. The van der Waals surface area contributed by atoms with Crippen LogP contribution in [0.1, 0.15) is 19.3 Å². The largest absolute Gasteiger partial charge is 0.481 e. The van der Waals surface area contributed by atoms with Crippen molar-refractivity contribution in [3.63, 3.8) is 0 Å². The number of urea groups is 1. The molecule has 2 aliphatic rings. The minimum Gasteiger partial charge on any atom is -0.481 e. The summed E-state index contributed by atoms with van der Waals surface area (Å²) < 4.78 is 5.53. The first-order chi connectivity index (χ1) is 9.66. The molecule has 0 aromatic carbocycles. The molecule has 0 unspecified atom stereocenters. The van der Waals surface area contributed by atoms with Crippen molar-refractivity contribution in [2.45, 2.75) is 25.4 Å². The fourth-order valence-corrected chi connectivity index (χ4v) is 3.38. The van der Waals surface area contributed by atoms with Crippen LogP contribution in [0.2, 0.25) is 0 Å². The third-order valence-corrected chi connectivity index (χ3v) is 4.61. The van der Waals surface area contributed by atoms with Crippen LogP contribution in [0.5, 0.6) is 0 Å². The standard InChI is InChI=1S/C13H22N2O4S/c16-12(17)3-8-19-11-1-4-14(5-2-11)13(18)15-6-9-20-10-7-15/h11H,1-10H2,(H,16,17). The maximum absolute atomic E-state index is 12.3. The molecule has 6 nitrogen and oxygen atoms in total. The lowest BCUT2D eigenvalue weighted by atomic mass is 10.1. The summed E-state index contributed by atoms with van der Waals surface area (Å²) in [5, 5.41) is 8.56. The number of amides is 2. The van der Waals surface area contributed by atoms with Crippen LogP contribution in [-0.4, -0.2) is 77.3 Å². The predicted octanol–water partition coefficient (Wildman–Crippen LogP) is 1.11. The van der Waals surface area contributed by atoms with Gasteiger partial charge in [0.1, 0.15) is 0 Å². The van der Waals surface area contributed by atoms with Gasteiger partial charge in [0.05, 0.1) is 19.1 Å². The molecule has 0 atom stereocenters. The maximum Gasteiger partial charge on any atom is 0.320 e. The summed E-state index contributed by atoms with van der Waals surface area (Å²) in [6.07, 6.45) is 1.74. The first kappa shape index (κ1) is 15.4. The Hall–Kier alpha value is -0.950. The van der Waals surface area contributed by atoms with Gasteiger partial charge in [0.25, 0.3) is 0 Å². The van der Waals surface area contributed by atoms with E-state index in [1.165, 1.54) is 0 Å². The number of rotatable bonds is 4. The Morgan fingerprint density at radius 2 is 1.70 bits per heavy atom. The van der Waals surface area contributed by atoms with Crippen molar-refractivity contribution >= 4 is 23.8 Å². The number of likely N-dealkylation sites (tertiary alicyclic amines) is 1. The summed E-state index contributed by atoms with van der Waals surface area (Å²) in [7, 11) is 0.